The van der Waals surface area contributed by atoms with Crippen LogP contribution in [0.2, 0.25) is 5.15 Å². The number of hydrogen-bond donors (Lipinski definition) is 1. The molecule has 1 aromatic heterocycles. The Hall–Kier alpha value is -1.33. The van der Waals surface area contributed by atoms with Crippen molar-refractivity contribution < 1.29 is 9.90 Å². The molecule has 6 heteroatoms. The average molecular weight is 298 g/mol. The molecule has 2 rings (SSSR count). The van der Waals surface area contributed by atoms with Crippen LogP contribution < -0.4 is 0 Å². The predicted molar refractivity (Wildman–Crippen MR) is 78.4 cm³/mol. The number of β-amino-alcohol motifs (C(OH)–C–C–N with tert-alkyl or cyclic N) is 1. The Labute approximate surface area is 123 Å². The van der Waals surface area contributed by atoms with Gasteiger partial charge < -0.3 is 10.0 Å². The first-order chi connectivity index (χ1) is 9.24. The van der Waals surface area contributed by atoms with Crippen molar-refractivity contribution in [3.05, 3.63) is 22.5 Å². The fourth-order valence-electron chi connectivity index (χ4n) is 2.23. The summed E-state index contributed by atoms with van der Waals surface area (Å²) in [6.07, 6.45) is 3.16. The summed E-state index contributed by atoms with van der Waals surface area (Å²) in [7, 11) is 1.76. The van der Waals surface area contributed by atoms with Crippen LogP contribution in [0.3, 0.4) is 0 Å². The summed E-state index contributed by atoms with van der Waals surface area (Å²) in [6, 6.07) is 0. The van der Waals surface area contributed by atoms with E-state index in [-0.39, 0.29) is 11.8 Å². The molecule has 1 aliphatic rings. The summed E-state index contributed by atoms with van der Waals surface area (Å²) in [5, 5.41) is 14.8. The fraction of sp³-hybridized carbons (Fsp3) is 0.571. The molecule has 1 fully saturated rings. The highest BCUT2D eigenvalue weighted by Gasteiger charge is 2.45. The number of amides is 1. The summed E-state index contributed by atoms with van der Waals surface area (Å²) in [5.41, 5.74) is 0.789. The second kappa shape index (κ2) is 5.22. The highest BCUT2D eigenvalue weighted by molar-refractivity contribution is 6.31. The maximum absolute atomic E-state index is 12.0. The van der Waals surface area contributed by atoms with E-state index in [1.807, 2.05) is 20.8 Å². The Balaban J connectivity index is 2.01. The number of rotatable bonds is 3. The SMILES string of the molecule is Cc1nn(C)c(Cl)c1C=CC(=O)N1CC(O)(C(C)C)C1. The maximum Gasteiger partial charge on any atom is 0.246 e. The van der Waals surface area contributed by atoms with Gasteiger partial charge in [-0.25, -0.2) is 0 Å². The van der Waals surface area contributed by atoms with Crippen LogP contribution in [0.5, 0.6) is 0 Å². The molecule has 0 saturated carbocycles. The zero-order valence-corrected chi connectivity index (χ0v) is 13.0. The van der Waals surface area contributed by atoms with E-state index < -0.39 is 5.60 Å². The molecule has 0 aliphatic carbocycles. The number of aromatic nitrogens is 2. The molecule has 20 heavy (non-hydrogen) atoms. The number of hydrogen-bond acceptors (Lipinski definition) is 3. The highest BCUT2D eigenvalue weighted by Crippen LogP contribution is 2.29. The summed E-state index contributed by atoms with van der Waals surface area (Å²) in [5.74, 6) is 0.0280. The van der Waals surface area contributed by atoms with Gasteiger partial charge in [0.25, 0.3) is 0 Å². The molecule has 1 amide bonds. The minimum Gasteiger partial charge on any atom is -0.386 e. The van der Waals surface area contributed by atoms with Crippen molar-refractivity contribution in [1.29, 1.82) is 0 Å². The second-order valence-corrected chi connectivity index (χ2v) is 6.06. The van der Waals surface area contributed by atoms with Crippen LogP contribution in [0.25, 0.3) is 6.08 Å². The molecule has 1 N–H and O–H groups in total. The molecular weight excluding hydrogens is 278 g/mol. The number of halogens is 1. The molecule has 0 aromatic carbocycles. The Bertz CT molecular complexity index is 557. The van der Waals surface area contributed by atoms with E-state index >= 15 is 0 Å². The average Bonchev–Trinajstić information content (AvgIpc) is 2.56. The minimum absolute atomic E-state index is 0.116. The van der Waals surface area contributed by atoms with Gasteiger partial charge in [0.05, 0.1) is 18.8 Å². The first-order valence-corrected chi connectivity index (χ1v) is 7.01. The molecule has 0 unspecified atom stereocenters. The summed E-state index contributed by atoms with van der Waals surface area (Å²) >= 11 is 6.10. The van der Waals surface area contributed by atoms with E-state index in [1.54, 1.807) is 22.7 Å². The lowest BCUT2D eigenvalue weighted by molar-refractivity contribution is -0.158. The fourth-order valence-corrected chi connectivity index (χ4v) is 2.47. The summed E-state index contributed by atoms with van der Waals surface area (Å²) in [4.78, 5) is 13.6. The third-order valence-corrected chi connectivity index (χ3v) is 4.35. The summed E-state index contributed by atoms with van der Waals surface area (Å²) in [6.45, 7) is 6.52. The number of carbonyl (C=O) groups excluding carboxylic acids is 1. The van der Waals surface area contributed by atoms with Gasteiger partial charge >= 0.3 is 0 Å². The quantitative estimate of drug-likeness (QED) is 0.863. The summed E-state index contributed by atoms with van der Waals surface area (Å²) < 4.78 is 1.57. The minimum atomic E-state index is -0.745. The van der Waals surface area contributed by atoms with Gasteiger partial charge in [-0.05, 0) is 18.9 Å². The topological polar surface area (TPSA) is 58.4 Å². The molecule has 1 saturated heterocycles. The van der Waals surface area contributed by atoms with Crippen LogP contribution >= 0.6 is 11.6 Å². The van der Waals surface area contributed by atoms with Crippen LogP contribution in [0.1, 0.15) is 25.1 Å². The van der Waals surface area contributed by atoms with E-state index in [1.165, 1.54) is 6.08 Å². The van der Waals surface area contributed by atoms with E-state index in [0.29, 0.717) is 18.2 Å². The lowest BCUT2D eigenvalue weighted by Crippen LogP contribution is -2.65. The van der Waals surface area contributed by atoms with Gasteiger partial charge in [0, 0.05) is 18.7 Å². The van der Waals surface area contributed by atoms with Crippen LogP contribution in [-0.4, -0.2) is 44.4 Å². The lowest BCUT2D eigenvalue weighted by atomic mass is 9.83. The Morgan fingerprint density at radius 2 is 2.10 bits per heavy atom. The van der Waals surface area contributed by atoms with Crippen molar-refractivity contribution >= 4 is 23.6 Å². The van der Waals surface area contributed by atoms with Crippen LogP contribution in [0.4, 0.5) is 0 Å². The van der Waals surface area contributed by atoms with Crippen LogP contribution in [0.15, 0.2) is 6.08 Å². The molecule has 0 spiro atoms. The number of likely N-dealkylation sites (tertiary alicyclic amines) is 1. The van der Waals surface area contributed by atoms with E-state index in [9.17, 15) is 9.90 Å². The predicted octanol–water partition coefficient (Wildman–Crippen LogP) is 1.62. The number of aliphatic hydroxyl groups is 1. The number of aryl methyl sites for hydroxylation is 2. The van der Waals surface area contributed by atoms with Gasteiger partial charge in [-0.1, -0.05) is 25.4 Å². The molecule has 0 radical (unpaired) electrons. The van der Waals surface area contributed by atoms with E-state index in [2.05, 4.69) is 5.10 Å². The zero-order valence-electron chi connectivity index (χ0n) is 12.2. The number of carbonyl (C=O) groups is 1. The number of nitrogens with zero attached hydrogens (tertiary/aromatic N) is 3. The molecular formula is C14H20ClN3O2. The van der Waals surface area contributed by atoms with Crippen LogP contribution in [0, 0.1) is 12.8 Å². The zero-order chi connectivity index (χ0) is 15.1. The smallest absolute Gasteiger partial charge is 0.246 e. The van der Waals surface area contributed by atoms with Gasteiger partial charge in [0.2, 0.25) is 5.91 Å². The van der Waals surface area contributed by atoms with Gasteiger partial charge in [-0.2, -0.15) is 5.10 Å². The van der Waals surface area contributed by atoms with Crippen LogP contribution in [-0.2, 0) is 11.8 Å². The van der Waals surface area contributed by atoms with Gasteiger partial charge in [-0.3, -0.25) is 9.48 Å². The van der Waals surface area contributed by atoms with Gasteiger partial charge in [0.1, 0.15) is 10.8 Å². The normalized spacial score (nSPS) is 17.9. The Kier molecular flexibility index (Phi) is 3.93. The third kappa shape index (κ3) is 2.60. The molecule has 2 heterocycles. The third-order valence-electron chi connectivity index (χ3n) is 3.90. The van der Waals surface area contributed by atoms with Crippen molar-refractivity contribution in [3.63, 3.8) is 0 Å². The van der Waals surface area contributed by atoms with Crippen molar-refractivity contribution in [2.45, 2.75) is 26.4 Å². The van der Waals surface area contributed by atoms with Gasteiger partial charge in [-0.15, -0.1) is 0 Å². The van der Waals surface area contributed by atoms with Crippen molar-refractivity contribution in [1.82, 2.24) is 14.7 Å². The standard InChI is InChI=1S/C14H20ClN3O2/c1-9(2)14(20)7-18(8-14)12(19)6-5-11-10(3)16-17(4)13(11)15/h5-6,9,20H,7-8H2,1-4H3. The Morgan fingerprint density at radius 1 is 1.50 bits per heavy atom. The lowest BCUT2D eigenvalue weighted by Gasteiger charge is -2.48. The van der Waals surface area contributed by atoms with Gasteiger partial charge in [0.15, 0.2) is 0 Å². The molecule has 5 nitrogen and oxygen atoms in total. The molecule has 110 valence electrons. The largest absolute Gasteiger partial charge is 0.386 e. The molecule has 1 aliphatic heterocycles. The van der Waals surface area contributed by atoms with Crippen molar-refractivity contribution in [2.24, 2.45) is 13.0 Å². The van der Waals surface area contributed by atoms with E-state index in [0.717, 1.165) is 11.3 Å². The maximum atomic E-state index is 12.0. The first-order valence-electron chi connectivity index (χ1n) is 6.63. The molecule has 0 atom stereocenters. The van der Waals surface area contributed by atoms with E-state index in [4.69, 9.17) is 11.6 Å². The second-order valence-electron chi connectivity index (χ2n) is 5.70. The van der Waals surface area contributed by atoms with Crippen molar-refractivity contribution in [3.8, 4) is 0 Å². The molecule has 0 bridgehead atoms. The molecule has 1 aromatic rings. The highest BCUT2D eigenvalue weighted by atomic mass is 35.5. The first kappa shape index (κ1) is 15.1. The monoisotopic (exact) mass is 297 g/mol. The Morgan fingerprint density at radius 3 is 2.55 bits per heavy atom. The van der Waals surface area contributed by atoms with Crippen molar-refractivity contribution in [2.75, 3.05) is 13.1 Å².